The van der Waals surface area contributed by atoms with Gasteiger partial charge in [-0.15, -0.1) is 0 Å². The standard InChI is InChI=1S/C19H15F3O5/c1-2-25-15-7-10(19(20,21)22)3-6-13(15)26-11-4-5-12-14(8-11)27-16-9-18(12,16)17(23)24/h3-8,16H,2,9H2,1H3,(H,23,24). The summed E-state index contributed by atoms with van der Waals surface area (Å²) in [4.78, 5) is 11.5. The Morgan fingerprint density at radius 1 is 1.26 bits per heavy atom. The van der Waals surface area contributed by atoms with Crippen LogP contribution in [-0.2, 0) is 16.4 Å². The van der Waals surface area contributed by atoms with E-state index < -0.39 is 23.1 Å². The number of ether oxygens (including phenoxy) is 3. The van der Waals surface area contributed by atoms with Crippen molar-refractivity contribution in [1.82, 2.24) is 0 Å². The van der Waals surface area contributed by atoms with Crippen molar-refractivity contribution >= 4 is 5.97 Å². The summed E-state index contributed by atoms with van der Waals surface area (Å²) in [6.45, 7) is 1.83. The molecule has 27 heavy (non-hydrogen) atoms. The summed E-state index contributed by atoms with van der Waals surface area (Å²) in [7, 11) is 0. The maximum atomic E-state index is 12.9. The van der Waals surface area contributed by atoms with Crippen LogP contribution < -0.4 is 14.2 Å². The lowest BCUT2D eigenvalue weighted by Crippen LogP contribution is -2.21. The predicted molar refractivity (Wildman–Crippen MR) is 87.5 cm³/mol. The molecule has 1 heterocycles. The van der Waals surface area contributed by atoms with Crippen molar-refractivity contribution in [2.75, 3.05) is 6.61 Å². The van der Waals surface area contributed by atoms with Crippen LogP contribution in [0, 0.1) is 0 Å². The second kappa shape index (κ2) is 5.80. The van der Waals surface area contributed by atoms with E-state index in [-0.39, 0.29) is 24.2 Å². The Hall–Kier alpha value is -2.90. The van der Waals surface area contributed by atoms with Gasteiger partial charge in [-0.25, -0.2) is 0 Å². The molecule has 2 atom stereocenters. The molecule has 0 aromatic heterocycles. The number of carboxylic acid groups (broad SMARTS) is 1. The predicted octanol–water partition coefficient (Wildman–Crippen LogP) is 4.38. The van der Waals surface area contributed by atoms with Crippen molar-refractivity contribution < 1.29 is 37.3 Å². The molecule has 1 aliphatic carbocycles. The van der Waals surface area contributed by atoms with Crippen LogP contribution >= 0.6 is 0 Å². The summed E-state index contributed by atoms with van der Waals surface area (Å²) in [6.07, 6.45) is -4.44. The van der Waals surface area contributed by atoms with Crippen molar-refractivity contribution in [2.45, 2.75) is 31.0 Å². The maximum absolute atomic E-state index is 12.9. The zero-order chi connectivity index (χ0) is 19.4. The van der Waals surface area contributed by atoms with E-state index in [0.717, 1.165) is 12.1 Å². The molecule has 0 spiro atoms. The normalized spacial score (nSPS) is 22.4. The van der Waals surface area contributed by atoms with Gasteiger partial charge in [0, 0.05) is 18.1 Å². The molecule has 142 valence electrons. The average Bonchev–Trinajstić information content (AvgIpc) is 3.23. The van der Waals surface area contributed by atoms with Crippen LogP contribution in [0.25, 0.3) is 0 Å². The summed E-state index contributed by atoms with van der Waals surface area (Å²) in [5.41, 5.74) is -1.23. The van der Waals surface area contributed by atoms with Gasteiger partial charge in [0.25, 0.3) is 0 Å². The van der Waals surface area contributed by atoms with Crippen molar-refractivity contribution in [2.24, 2.45) is 0 Å². The van der Waals surface area contributed by atoms with Gasteiger partial charge in [-0.05, 0) is 31.2 Å². The van der Waals surface area contributed by atoms with E-state index in [2.05, 4.69) is 0 Å². The van der Waals surface area contributed by atoms with Gasteiger partial charge in [0.15, 0.2) is 11.5 Å². The number of halogens is 3. The van der Waals surface area contributed by atoms with E-state index in [4.69, 9.17) is 14.2 Å². The minimum Gasteiger partial charge on any atom is -0.490 e. The molecule has 0 radical (unpaired) electrons. The van der Waals surface area contributed by atoms with Gasteiger partial charge >= 0.3 is 12.1 Å². The molecule has 2 aromatic rings. The molecular weight excluding hydrogens is 365 g/mol. The topological polar surface area (TPSA) is 65.0 Å². The molecule has 1 fully saturated rings. The first-order valence-electron chi connectivity index (χ1n) is 8.32. The van der Waals surface area contributed by atoms with Crippen LogP contribution in [0.2, 0.25) is 0 Å². The van der Waals surface area contributed by atoms with E-state index in [1.165, 1.54) is 6.07 Å². The largest absolute Gasteiger partial charge is 0.490 e. The highest BCUT2D eigenvalue weighted by molar-refractivity contribution is 5.89. The van der Waals surface area contributed by atoms with Crippen LogP contribution in [-0.4, -0.2) is 23.8 Å². The highest BCUT2D eigenvalue weighted by Gasteiger charge is 2.69. The first-order chi connectivity index (χ1) is 12.8. The maximum Gasteiger partial charge on any atom is 0.416 e. The van der Waals surface area contributed by atoms with E-state index in [1.54, 1.807) is 25.1 Å². The third-order valence-corrected chi connectivity index (χ3v) is 4.78. The number of alkyl halides is 3. The number of hydrogen-bond donors (Lipinski definition) is 1. The number of benzene rings is 2. The minimum atomic E-state index is -4.49. The van der Waals surface area contributed by atoms with Gasteiger partial charge < -0.3 is 19.3 Å². The van der Waals surface area contributed by atoms with Crippen molar-refractivity contribution in [3.05, 3.63) is 47.5 Å². The first-order valence-corrected chi connectivity index (χ1v) is 8.32. The molecule has 1 saturated carbocycles. The molecule has 0 amide bonds. The third kappa shape index (κ3) is 2.75. The zero-order valence-corrected chi connectivity index (χ0v) is 14.2. The Balaban J connectivity index is 1.63. The number of carboxylic acids is 1. The van der Waals surface area contributed by atoms with Gasteiger partial charge in [0.1, 0.15) is 23.0 Å². The van der Waals surface area contributed by atoms with Crippen LogP contribution in [0.3, 0.4) is 0 Å². The fraction of sp³-hybridized carbons (Fsp3) is 0.316. The fourth-order valence-corrected chi connectivity index (χ4v) is 3.35. The van der Waals surface area contributed by atoms with Crippen molar-refractivity contribution in [3.63, 3.8) is 0 Å². The van der Waals surface area contributed by atoms with E-state index >= 15 is 0 Å². The molecule has 0 bridgehead atoms. The number of carbonyl (C=O) groups is 1. The SMILES string of the molecule is CCOc1cc(C(F)(F)F)ccc1Oc1ccc2c(c1)OC1CC21C(=O)O. The Morgan fingerprint density at radius 2 is 2.04 bits per heavy atom. The molecule has 2 aliphatic rings. The third-order valence-electron chi connectivity index (χ3n) is 4.78. The Kier molecular flexibility index (Phi) is 3.76. The van der Waals surface area contributed by atoms with Crippen LogP contribution in [0.15, 0.2) is 36.4 Å². The Morgan fingerprint density at radius 3 is 2.70 bits per heavy atom. The second-order valence-electron chi connectivity index (χ2n) is 6.44. The molecule has 2 aromatic carbocycles. The van der Waals surface area contributed by atoms with Crippen LogP contribution in [0.1, 0.15) is 24.5 Å². The minimum absolute atomic E-state index is 0.0291. The summed E-state index contributed by atoms with van der Waals surface area (Å²) >= 11 is 0. The van der Waals surface area contributed by atoms with Gasteiger partial charge in [0.05, 0.1) is 12.2 Å². The molecule has 4 rings (SSSR count). The van der Waals surface area contributed by atoms with Crippen molar-refractivity contribution in [1.29, 1.82) is 0 Å². The van der Waals surface area contributed by atoms with Crippen LogP contribution in [0.4, 0.5) is 13.2 Å². The lowest BCUT2D eigenvalue weighted by atomic mass is 9.96. The second-order valence-corrected chi connectivity index (χ2v) is 6.44. The first kappa shape index (κ1) is 17.5. The van der Waals surface area contributed by atoms with Crippen LogP contribution in [0.5, 0.6) is 23.0 Å². The summed E-state index contributed by atoms with van der Waals surface area (Å²) in [5, 5.41) is 9.43. The van der Waals surface area contributed by atoms with Crippen molar-refractivity contribution in [3.8, 4) is 23.0 Å². The average molecular weight is 380 g/mol. The lowest BCUT2D eigenvalue weighted by molar-refractivity contribution is -0.140. The number of fused-ring (bicyclic) bond motifs is 3. The van der Waals surface area contributed by atoms with Gasteiger partial charge in [-0.2, -0.15) is 13.2 Å². The summed E-state index contributed by atoms with van der Waals surface area (Å²) in [5.74, 6) is -0.104. The van der Waals surface area contributed by atoms with E-state index in [0.29, 0.717) is 23.5 Å². The quantitative estimate of drug-likeness (QED) is 0.834. The summed E-state index contributed by atoms with van der Waals surface area (Å²) in [6, 6.07) is 7.72. The monoisotopic (exact) mass is 380 g/mol. The van der Waals surface area contributed by atoms with E-state index in [1.807, 2.05) is 0 Å². The molecule has 1 N–H and O–H groups in total. The zero-order valence-electron chi connectivity index (χ0n) is 14.2. The smallest absolute Gasteiger partial charge is 0.416 e. The van der Waals surface area contributed by atoms with Gasteiger partial charge in [-0.3, -0.25) is 4.79 Å². The summed E-state index contributed by atoms with van der Waals surface area (Å²) < 4.78 is 55.3. The number of aliphatic carboxylic acids is 1. The molecule has 8 heteroatoms. The Labute approximate surface area is 152 Å². The highest BCUT2D eigenvalue weighted by atomic mass is 19.4. The Bertz CT molecular complexity index is 924. The molecule has 0 saturated heterocycles. The molecular formula is C19H15F3O5. The number of hydrogen-bond acceptors (Lipinski definition) is 4. The number of rotatable bonds is 5. The van der Waals surface area contributed by atoms with E-state index in [9.17, 15) is 23.1 Å². The lowest BCUT2D eigenvalue weighted by Gasteiger charge is -2.15. The highest BCUT2D eigenvalue weighted by Crippen LogP contribution is 2.59. The molecule has 2 unspecified atom stereocenters. The molecule has 1 aliphatic heterocycles. The fourth-order valence-electron chi connectivity index (χ4n) is 3.35. The molecule has 5 nitrogen and oxygen atoms in total. The van der Waals surface area contributed by atoms with Gasteiger partial charge in [-0.1, -0.05) is 6.07 Å². The van der Waals surface area contributed by atoms with Gasteiger partial charge in [0.2, 0.25) is 0 Å².